The van der Waals surface area contributed by atoms with Gasteiger partial charge in [0.2, 0.25) is 0 Å². The number of nitrogens with one attached hydrogen (secondary N) is 1. The maximum atomic E-state index is 12.4. The Bertz CT molecular complexity index is 821. The molecule has 142 valence electrons. The summed E-state index contributed by atoms with van der Waals surface area (Å²) in [6.45, 7) is -0.113. The van der Waals surface area contributed by atoms with Gasteiger partial charge in [0.25, 0.3) is 0 Å². The van der Waals surface area contributed by atoms with Gasteiger partial charge in [0.05, 0.1) is 6.42 Å². The van der Waals surface area contributed by atoms with Crippen LogP contribution < -0.4 is 5.32 Å². The molecule has 5 nitrogen and oxygen atoms in total. The van der Waals surface area contributed by atoms with Gasteiger partial charge in [0.1, 0.15) is 12.6 Å². The number of alkyl halides is 3. The van der Waals surface area contributed by atoms with Crippen LogP contribution in [0.1, 0.15) is 23.5 Å². The van der Waals surface area contributed by atoms with Crippen LogP contribution in [0.15, 0.2) is 48.5 Å². The van der Waals surface area contributed by atoms with E-state index in [9.17, 15) is 22.8 Å². The van der Waals surface area contributed by atoms with Crippen LogP contribution >= 0.6 is 0 Å². The topological polar surface area (TPSA) is 75.6 Å². The van der Waals surface area contributed by atoms with Crippen molar-refractivity contribution in [3.05, 3.63) is 59.7 Å². The summed E-state index contributed by atoms with van der Waals surface area (Å²) < 4.78 is 42.3. The number of carboxylic acid groups (broad SMARTS) is 1. The fraction of sp³-hybridized carbons (Fsp3) is 0.263. The molecule has 0 saturated heterocycles. The summed E-state index contributed by atoms with van der Waals surface area (Å²) in [5.41, 5.74) is 3.89. The van der Waals surface area contributed by atoms with Gasteiger partial charge in [-0.1, -0.05) is 48.5 Å². The van der Waals surface area contributed by atoms with Crippen molar-refractivity contribution in [2.75, 3.05) is 6.61 Å². The van der Waals surface area contributed by atoms with E-state index < -0.39 is 30.7 Å². The largest absolute Gasteiger partial charge is 0.480 e. The Balaban J connectivity index is 1.69. The second-order valence-electron chi connectivity index (χ2n) is 6.18. The minimum atomic E-state index is -4.72. The van der Waals surface area contributed by atoms with Crippen molar-refractivity contribution in [3.63, 3.8) is 0 Å². The first kappa shape index (κ1) is 18.8. The third-order valence-corrected chi connectivity index (χ3v) is 4.37. The zero-order valence-corrected chi connectivity index (χ0v) is 14.0. The highest BCUT2D eigenvalue weighted by Gasteiger charge is 2.37. The van der Waals surface area contributed by atoms with Crippen LogP contribution in [-0.2, 0) is 9.53 Å². The molecule has 1 aliphatic carbocycles. The van der Waals surface area contributed by atoms with Gasteiger partial charge in [-0.3, -0.25) is 0 Å². The summed E-state index contributed by atoms with van der Waals surface area (Å²) in [6, 6.07) is 13.1. The number of halogens is 3. The fourth-order valence-electron chi connectivity index (χ4n) is 3.21. The van der Waals surface area contributed by atoms with Crippen molar-refractivity contribution in [1.29, 1.82) is 0 Å². The van der Waals surface area contributed by atoms with Crippen molar-refractivity contribution >= 4 is 12.1 Å². The fourth-order valence-corrected chi connectivity index (χ4v) is 3.21. The molecule has 0 fully saturated rings. The monoisotopic (exact) mass is 379 g/mol. The number of aliphatic carboxylic acids is 1. The Labute approximate surface area is 152 Å². The Morgan fingerprint density at radius 2 is 1.56 bits per heavy atom. The van der Waals surface area contributed by atoms with Crippen molar-refractivity contribution < 1.29 is 32.6 Å². The number of alkyl carbamates (subject to hydrolysis) is 1. The number of hydrogen-bond acceptors (Lipinski definition) is 3. The van der Waals surface area contributed by atoms with E-state index in [0.717, 1.165) is 22.3 Å². The van der Waals surface area contributed by atoms with Crippen molar-refractivity contribution in [1.82, 2.24) is 5.32 Å². The Kier molecular flexibility index (Phi) is 5.07. The van der Waals surface area contributed by atoms with E-state index in [1.54, 1.807) is 5.32 Å². The predicted molar refractivity (Wildman–Crippen MR) is 90.3 cm³/mol. The second-order valence-corrected chi connectivity index (χ2v) is 6.18. The van der Waals surface area contributed by atoms with Gasteiger partial charge in [-0.15, -0.1) is 0 Å². The molecular weight excluding hydrogens is 363 g/mol. The Morgan fingerprint density at radius 1 is 1.04 bits per heavy atom. The van der Waals surface area contributed by atoms with Gasteiger partial charge in [0, 0.05) is 5.92 Å². The molecule has 0 spiro atoms. The number of ether oxygens (including phenoxy) is 1. The minimum Gasteiger partial charge on any atom is -0.480 e. The molecular formula is C19H16F3NO4. The molecule has 2 aromatic carbocycles. The van der Waals surface area contributed by atoms with Crippen LogP contribution in [0.5, 0.6) is 0 Å². The maximum Gasteiger partial charge on any atom is 0.407 e. The average Bonchev–Trinajstić information content (AvgIpc) is 2.92. The number of hydrogen-bond donors (Lipinski definition) is 2. The van der Waals surface area contributed by atoms with E-state index in [1.807, 2.05) is 48.5 Å². The van der Waals surface area contributed by atoms with E-state index in [1.165, 1.54) is 0 Å². The summed E-state index contributed by atoms with van der Waals surface area (Å²) in [7, 11) is 0. The van der Waals surface area contributed by atoms with Crippen LogP contribution in [-0.4, -0.2) is 36.0 Å². The number of amides is 1. The number of fused-ring (bicyclic) bond motifs is 3. The average molecular weight is 379 g/mol. The van der Waals surface area contributed by atoms with Crippen molar-refractivity contribution in [2.24, 2.45) is 0 Å². The van der Waals surface area contributed by atoms with Crippen LogP contribution in [0, 0.1) is 0 Å². The van der Waals surface area contributed by atoms with Crippen LogP contribution in [0.25, 0.3) is 11.1 Å². The highest BCUT2D eigenvalue weighted by atomic mass is 19.4. The Morgan fingerprint density at radius 3 is 2.04 bits per heavy atom. The van der Waals surface area contributed by atoms with Crippen molar-refractivity contribution in [3.8, 4) is 11.1 Å². The number of benzene rings is 2. The smallest absolute Gasteiger partial charge is 0.407 e. The van der Waals surface area contributed by atoms with E-state index in [-0.39, 0.29) is 12.5 Å². The highest BCUT2D eigenvalue weighted by Crippen LogP contribution is 2.44. The Hall–Kier alpha value is -3.03. The summed E-state index contributed by atoms with van der Waals surface area (Å²) >= 11 is 0. The molecule has 27 heavy (non-hydrogen) atoms. The lowest BCUT2D eigenvalue weighted by Crippen LogP contribution is -2.44. The third kappa shape index (κ3) is 4.21. The molecule has 0 aromatic heterocycles. The van der Waals surface area contributed by atoms with E-state index in [0.29, 0.717) is 0 Å². The van der Waals surface area contributed by atoms with Gasteiger partial charge < -0.3 is 15.2 Å². The lowest BCUT2D eigenvalue weighted by atomic mass is 9.98. The molecule has 8 heteroatoms. The molecule has 1 atom stereocenters. The van der Waals surface area contributed by atoms with Gasteiger partial charge in [-0.05, 0) is 22.3 Å². The number of carboxylic acids is 1. The maximum absolute atomic E-state index is 12.4. The van der Waals surface area contributed by atoms with Crippen LogP contribution in [0.4, 0.5) is 18.0 Å². The molecule has 0 unspecified atom stereocenters. The minimum absolute atomic E-state index is 0.113. The normalized spacial score (nSPS) is 14.2. The molecule has 0 radical (unpaired) electrons. The van der Waals surface area contributed by atoms with Gasteiger partial charge >= 0.3 is 18.2 Å². The molecule has 2 N–H and O–H groups in total. The number of carbonyl (C=O) groups is 2. The molecule has 1 amide bonds. The molecule has 2 aromatic rings. The highest BCUT2D eigenvalue weighted by molar-refractivity contribution is 5.81. The number of carbonyl (C=O) groups excluding carboxylic acids is 1. The van der Waals surface area contributed by atoms with Crippen LogP contribution in [0.3, 0.4) is 0 Å². The molecule has 0 aliphatic heterocycles. The molecule has 0 saturated carbocycles. The van der Waals surface area contributed by atoms with Gasteiger partial charge in [0.15, 0.2) is 0 Å². The van der Waals surface area contributed by atoms with E-state index >= 15 is 0 Å². The third-order valence-electron chi connectivity index (χ3n) is 4.37. The zero-order chi connectivity index (χ0) is 19.6. The van der Waals surface area contributed by atoms with E-state index in [4.69, 9.17) is 9.84 Å². The zero-order valence-electron chi connectivity index (χ0n) is 14.0. The lowest BCUT2D eigenvalue weighted by molar-refractivity contribution is -0.158. The first-order valence-electron chi connectivity index (χ1n) is 8.17. The number of rotatable bonds is 5. The summed E-state index contributed by atoms with van der Waals surface area (Å²) in [5.74, 6) is -2.05. The molecule has 0 bridgehead atoms. The molecule has 0 heterocycles. The first-order chi connectivity index (χ1) is 12.8. The SMILES string of the molecule is O=C(N[C@@H](CC(F)(F)F)C(=O)O)OCC1c2ccccc2-c2ccccc21. The summed E-state index contributed by atoms with van der Waals surface area (Å²) in [4.78, 5) is 22.8. The van der Waals surface area contributed by atoms with Crippen LogP contribution in [0.2, 0.25) is 0 Å². The first-order valence-corrected chi connectivity index (χ1v) is 8.17. The quantitative estimate of drug-likeness (QED) is 0.825. The summed E-state index contributed by atoms with van der Waals surface area (Å²) in [5, 5.41) is 10.6. The molecule has 3 rings (SSSR count). The predicted octanol–water partition coefficient (Wildman–Crippen LogP) is 3.93. The van der Waals surface area contributed by atoms with Gasteiger partial charge in [-0.25, -0.2) is 9.59 Å². The second kappa shape index (κ2) is 7.30. The lowest BCUT2D eigenvalue weighted by Gasteiger charge is -2.18. The van der Waals surface area contributed by atoms with Gasteiger partial charge in [-0.2, -0.15) is 13.2 Å². The van der Waals surface area contributed by atoms with Crippen molar-refractivity contribution in [2.45, 2.75) is 24.6 Å². The standard InChI is InChI=1S/C19H16F3NO4/c20-19(21,22)9-16(17(24)25)23-18(26)27-10-15-13-7-3-1-5-11(13)12-6-2-4-8-14(12)15/h1-8,15-16H,9-10H2,(H,23,26)(H,24,25)/t16-/m0/s1. The molecule has 1 aliphatic rings. The van der Waals surface area contributed by atoms with E-state index in [2.05, 4.69) is 0 Å². The summed E-state index contributed by atoms with van der Waals surface area (Å²) in [6.07, 6.45) is -7.60.